The number of hydrogen-bond acceptors (Lipinski definition) is 9. The van der Waals surface area contributed by atoms with E-state index in [1.807, 2.05) is 0 Å². The van der Waals surface area contributed by atoms with E-state index in [9.17, 15) is 17.6 Å². The number of aromatic nitrogens is 4. The van der Waals surface area contributed by atoms with E-state index >= 15 is 0 Å². The van der Waals surface area contributed by atoms with Crippen molar-refractivity contribution in [2.45, 2.75) is 23.7 Å². The predicted molar refractivity (Wildman–Crippen MR) is 125 cm³/mol. The highest BCUT2D eigenvalue weighted by Crippen LogP contribution is 2.34. The van der Waals surface area contributed by atoms with Crippen molar-refractivity contribution in [3.05, 3.63) is 66.1 Å². The average molecular weight is 497 g/mol. The lowest BCUT2D eigenvalue weighted by atomic mass is 9.92. The van der Waals surface area contributed by atoms with E-state index in [0.29, 0.717) is 42.8 Å². The predicted octanol–water partition coefficient (Wildman–Crippen LogP) is 3.32. The molecule has 0 radical (unpaired) electrons. The van der Waals surface area contributed by atoms with Crippen molar-refractivity contribution >= 4 is 38.3 Å². The van der Waals surface area contributed by atoms with Crippen molar-refractivity contribution < 1.29 is 22.1 Å². The molecule has 0 unspecified atom stereocenters. The Labute approximate surface area is 200 Å². The molecule has 0 saturated carbocycles. The van der Waals surface area contributed by atoms with Crippen LogP contribution in [0.4, 0.5) is 15.9 Å². The van der Waals surface area contributed by atoms with Gasteiger partial charge in [0, 0.05) is 31.5 Å². The second-order valence-corrected chi connectivity index (χ2v) is 10.3. The van der Waals surface area contributed by atoms with Crippen LogP contribution in [0.2, 0.25) is 0 Å². The molecule has 5 rings (SSSR count). The van der Waals surface area contributed by atoms with Gasteiger partial charge in [-0.05, 0) is 43.2 Å². The summed E-state index contributed by atoms with van der Waals surface area (Å²) in [5.41, 5.74) is 1.88. The summed E-state index contributed by atoms with van der Waals surface area (Å²) >= 11 is 0. The number of pyridine rings is 1. The molecule has 4 aromatic rings. The summed E-state index contributed by atoms with van der Waals surface area (Å²) in [6.45, 7) is 1.09. The number of hydrogen-bond donors (Lipinski definition) is 1. The van der Waals surface area contributed by atoms with Gasteiger partial charge in [0.1, 0.15) is 29.0 Å². The summed E-state index contributed by atoms with van der Waals surface area (Å²) in [6.07, 6.45) is 5.29. The first kappa shape index (κ1) is 22.8. The van der Waals surface area contributed by atoms with Crippen LogP contribution in [0.15, 0.2) is 58.3 Å². The van der Waals surface area contributed by atoms with E-state index in [1.165, 1.54) is 18.5 Å². The van der Waals surface area contributed by atoms with Crippen molar-refractivity contribution in [1.82, 2.24) is 25.0 Å². The third-order valence-corrected chi connectivity index (χ3v) is 7.07. The van der Waals surface area contributed by atoms with Crippen LogP contribution < -0.4 is 5.32 Å². The minimum absolute atomic E-state index is 0.0255. The fourth-order valence-electron chi connectivity index (χ4n) is 4.10. The smallest absolute Gasteiger partial charge is 0.272 e. The lowest BCUT2D eigenvalue weighted by Gasteiger charge is -2.30. The number of anilines is 2. The van der Waals surface area contributed by atoms with Gasteiger partial charge in [-0.1, -0.05) is 11.2 Å². The topological polar surface area (TPSA) is 131 Å². The van der Waals surface area contributed by atoms with Crippen LogP contribution in [0, 0.1) is 5.82 Å². The fraction of sp³-hybridized carbons (Fsp3) is 0.261. The molecule has 12 heteroatoms. The van der Waals surface area contributed by atoms with Gasteiger partial charge < -0.3 is 14.7 Å². The molecule has 1 aliphatic rings. The number of nitrogens with zero attached hydrogens (tertiary/aromatic N) is 5. The van der Waals surface area contributed by atoms with E-state index in [0.717, 1.165) is 12.3 Å². The van der Waals surface area contributed by atoms with E-state index in [-0.39, 0.29) is 33.8 Å². The minimum Gasteiger partial charge on any atom is -0.350 e. The Morgan fingerprint density at radius 3 is 2.63 bits per heavy atom. The van der Waals surface area contributed by atoms with E-state index in [2.05, 4.69) is 25.4 Å². The van der Waals surface area contributed by atoms with Crippen LogP contribution in [-0.2, 0) is 9.84 Å². The van der Waals surface area contributed by atoms with Crippen molar-refractivity contribution in [3.8, 4) is 0 Å². The van der Waals surface area contributed by atoms with Crippen molar-refractivity contribution in [2.24, 2.45) is 0 Å². The Kier molecular flexibility index (Phi) is 5.89. The van der Waals surface area contributed by atoms with E-state index in [4.69, 9.17) is 4.52 Å². The minimum atomic E-state index is -3.53. The molecule has 0 atom stereocenters. The van der Waals surface area contributed by atoms with Crippen molar-refractivity contribution in [2.75, 3.05) is 24.7 Å². The number of nitrogens with one attached hydrogen (secondary N) is 1. The maximum atomic E-state index is 14.5. The maximum Gasteiger partial charge on any atom is 0.272 e. The second kappa shape index (κ2) is 9.02. The maximum absolute atomic E-state index is 14.5. The number of sulfone groups is 1. The van der Waals surface area contributed by atoms with Crippen LogP contribution in [-0.4, -0.2) is 58.7 Å². The van der Waals surface area contributed by atoms with Crippen LogP contribution >= 0.6 is 0 Å². The molecule has 180 valence electrons. The summed E-state index contributed by atoms with van der Waals surface area (Å²) in [5, 5.41) is 7.05. The first-order valence-electron chi connectivity index (χ1n) is 10.9. The first-order chi connectivity index (χ1) is 16.8. The Morgan fingerprint density at radius 2 is 1.94 bits per heavy atom. The van der Waals surface area contributed by atoms with Gasteiger partial charge in [0.25, 0.3) is 5.91 Å². The lowest BCUT2D eigenvalue weighted by molar-refractivity contribution is 0.0706. The van der Waals surface area contributed by atoms with Gasteiger partial charge in [0.05, 0.1) is 10.6 Å². The molecule has 4 heterocycles. The molecule has 0 spiro atoms. The Hall–Kier alpha value is -3.93. The summed E-state index contributed by atoms with van der Waals surface area (Å²) < 4.78 is 43.4. The molecule has 1 N–H and O–H groups in total. The van der Waals surface area contributed by atoms with Crippen molar-refractivity contribution in [1.29, 1.82) is 0 Å². The molecular formula is C23H21FN6O4S. The molecule has 1 saturated heterocycles. The SMILES string of the molecule is CS(=O)(=O)c1ccc(Nc2ncnc3c(C4CCN(C(=O)c5ccccn5)CC4)noc23)c(F)c1. The number of likely N-dealkylation sites (tertiary alicyclic amines) is 1. The number of piperidine rings is 1. The van der Waals surface area contributed by atoms with E-state index in [1.54, 1.807) is 29.3 Å². The standard InChI is InChI=1S/C23H21FN6O4S/c1-35(32,33)15-5-6-17(16(24)12-15)28-22-21-20(26-13-27-22)19(29-34-21)14-7-10-30(11-8-14)23(31)18-4-2-3-9-25-18/h2-6,9,12-14H,7-8,10-11H2,1H3,(H,26,27,28). The van der Waals surface area contributed by atoms with Crippen LogP contribution in [0.3, 0.4) is 0 Å². The number of carbonyl (C=O) groups excluding carboxylic acids is 1. The molecule has 1 amide bonds. The zero-order valence-corrected chi connectivity index (χ0v) is 19.5. The number of amides is 1. The Morgan fingerprint density at radius 1 is 1.14 bits per heavy atom. The van der Waals surface area contributed by atoms with Crippen LogP contribution in [0.5, 0.6) is 0 Å². The highest BCUT2D eigenvalue weighted by Gasteiger charge is 2.29. The number of carbonyl (C=O) groups is 1. The molecule has 1 aliphatic heterocycles. The van der Waals surface area contributed by atoms with E-state index < -0.39 is 15.7 Å². The highest BCUT2D eigenvalue weighted by molar-refractivity contribution is 7.90. The molecular weight excluding hydrogens is 475 g/mol. The van der Waals surface area contributed by atoms with Crippen LogP contribution in [0.1, 0.15) is 34.9 Å². The third kappa shape index (κ3) is 4.56. The quantitative estimate of drug-likeness (QED) is 0.442. The summed E-state index contributed by atoms with van der Waals surface area (Å²) in [5.74, 6) is -0.615. The Bertz CT molecular complexity index is 1500. The molecule has 0 aliphatic carbocycles. The number of rotatable bonds is 5. The first-order valence-corrected chi connectivity index (χ1v) is 12.8. The van der Waals surface area contributed by atoms with Gasteiger partial charge in [-0.25, -0.2) is 22.8 Å². The van der Waals surface area contributed by atoms with Gasteiger partial charge in [-0.15, -0.1) is 0 Å². The van der Waals surface area contributed by atoms with Crippen molar-refractivity contribution in [3.63, 3.8) is 0 Å². The molecule has 1 fully saturated rings. The largest absolute Gasteiger partial charge is 0.350 e. The van der Waals surface area contributed by atoms with Gasteiger partial charge in [0.15, 0.2) is 15.7 Å². The molecule has 0 bridgehead atoms. The molecule has 3 aromatic heterocycles. The zero-order valence-electron chi connectivity index (χ0n) is 18.7. The number of halogens is 1. The van der Waals surface area contributed by atoms with Gasteiger partial charge in [-0.2, -0.15) is 0 Å². The van der Waals surface area contributed by atoms with Gasteiger partial charge in [0.2, 0.25) is 5.58 Å². The number of fused-ring (bicyclic) bond motifs is 1. The monoisotopic (exact) mass is 496 g/mol. The average Bonchev–Trinajstić information content (AvgIpc) is 3.30. The fourth-order valence-corrected chi connectivity index (χ4v) is 4.73. The molecule has 10 nitrogen and oxygen atoms in total. The summed E-state index contributed by atoms with van der Waals surface area (Å²) in [7, 11) is -3.53. The normalized spacial score (nSPS) is 14.9. The second-order valence-electron chi connectivity index (χ2n) is 8.29. The molecule has 35 heavy (non-hydrogen) atoms. The Balaban J connectivity index is 1.34. The summed E-state index contributed by atoms with van der Waals surface area (Å²) in [4.78, 5) is 26.9. The van der Waals surface area contributed by atoms with Gasteiger partial charge >= 0.3 is 0 Å². The third-order valence-electron chi connectivity index (χ3n) is 5.96. The lowest BCUT2D eigenvalue weighted by Crippen LogP contribution is -2.38. The highest BCUT2D eigenvalue weighted by atomic mass is 32.2. The van der Waals surface area contributed by atoms with Crippen LogP contribution in [0.25, 0.3) is 11.1 Å². The van der Waals surface area contributed by atoms with Gasteiger partial charge in [-0.3, -0.25) is 9.78 Å². The number of benzene rings is 1. The summed E-state index contributed by atoms with van der Waals surface area (Å²) in [6, 6.07) is 8.83. The molecule has 1 aromatic carbocycles. The zero-order chi connectivity index (χ0) is 24.6.